The Kier molecular flexibility index (Phi) is 4.75. The normalized spacial score (nSPS) is 12.0. The molecule has 1 aromatic heterocycles. The van der Waals surface area contributed by atoms with Crippen molar-refractivity contribution in [2.75, 3.05) is 7.11 Å². The number of methoxy groups -OCH3 is 1. The second-order valence-electron chi connectivity index (χ2n) is 6.61. The van der Waals surface area contributed by atoms with Gasteiger partial charge in [0.2, 0.25) is 0 Å². The van der Waals surface area contributed by atoms with E-state index in [1.165, 1.54) is 0 Å². The fourth-order valence-corrected chi connectivity index (χ4v) is 3.56. The molecule has 1 atom stereocenters. The van der Waals surface area contributed by atoms with Crippen molar-refractivity contribution in [3.05, 3.63) is 102 Å². The molecule has 0 aliphatic rings. The molecule has 0 fully saturated rings. The molecule has 0 aliphatic carbocycles. The van der Waals surface area contributed by atoms with Crippen LogP contribution in [0.2, 0.25) is 0 Å². The minimum atomic E-state index is -0.0280. The summed E-state index contributed by atoms with van der Waals surface area (Å²) in [4.78, 5) is 16.3. The van der Waals surface area contributed by atoms with Crippen LogP contribution >= 0.6 is 0 Å². The molecular formula is C24H21NO2. The maximum Gasteiger partial charge on any atom is 0.163 e. The van der Waals surface area contributed by atoms with Crippen molar-refractivity contribution in [1.82, 2.24) is 4.98 Å². The highest BCUT2D eigenvalue weighted by molar-refractivity contribution is 5.97. The summed E-state index contributed by atoms with van der Waals surface area (Å²) in [5, 5.41) is 1.09. The van der Waals surface area contributed by atoms with Gasteiger partial charge in [-0.3, -0.25) is 4.79 Å². The standard InChI is InChI=1S/C24H21NO2/c1-27-19-12-13-23-21(14-19)22(16-25-23)20(17-8-4-2-5-9-17)15-24(26)18-10-6-3-7-11-18/h2-14,16,20,25H,15H2,1H3/t20-/m0/s1. The van der Waals surface area contributed by atoms with Gasteiger partial charge in [-0.25, -0.2) is 0 Å². The van der Waals surface area contributed by atoms with Gasteiger partial charge in [0.25, 0.3) is 0 Å². The van der Waals surface area contributed by atoms with Crippen LogP contribution < -0.4 is 4.74 Å². The SMILES string of the molecule is COc1ccc2[nH]cc([C@@H](CC(=O)c3ccccc3)c3ccccc3)c2c1. The van der Waals surface area contributed by atoms with Crippen LogP contribution in [0.15, 0.2) is 85.1 Å². The number of H-pyrrole nitrogens is 1. The summed E-state index contributed by atoms with van der Waals surface area (Å²) >= 11 is 0. The van der Waals surface area contributed by atoms with Gasteiger partial charge < -0.3 is 9.72 Å². The number of Topliss-reactive ketones (excluding diaryl/α,β-unsaturated/α-hetero) is 1. The highest BCUT2D eigenvalue weighted by atomic mass is 16.5. The summed E-state index contributed by atoms with van der Waals surface area (Å²) < 4.78 is 5.40. The number of nitrogens with one attached hydrogen (secondary N) is 1. The molecule has 1 heterocycles. The third-order valence-electron chi connectivity index (χ3n) is 4.98. The maximum absolute atomic E-state index is 12.9. The molecule has 0 radical (unpaired) electrons. The summed E-state index contributed by atoms with van der Waals surface area (Å²) in [6.45, 7) is 0. The molecule has 3 aromatic carbocycles. The average Bonchev–Trinajstić information content (AvgIpc) is 3.16. The highest BCUT2D eigenvalue weighted by Crippen LogP contribution is 2.35. The van der Waals surface area contributed by atoms with E-state index >= 15 is 0 Å². The smallest absolute Gasteiger partial charge is 0.163 e. The Morgan fingerprint density at radius 1 is 0.963 bits per heavy atom. The lowest BCUT2D eigenvalue weighted by molar-refractivity contribution is 0.0978. The molecule has 0 saturated carbocycles. The van der Waals surface area contributed by atoms with Crippen molar-refractivity contribution in [3.63, 3.8) is 0 Å². The zero-order valence-electron chi connectivity index (χ0n) is 15.2. The van der Waals surface area contributed by atoms with E-state index in [4.69, 9.17) is 4.74 Å². The summed E-state index contributed by atoms with van der Waals surface area (Å²) in [5.74, 6) is 0.922. The van der Waals surface area contributed by atoms with Crippen molar-refractivity contribution in [2.45, 2.75) is 12.3 Å². The first kappa shape index (κ1) is 17.1. The van der Waals surface area contributed by atoms with Gasteiger partial charge in [-0.1, -0.05) is 60.7 Å². The molecule has 27 heavy (non-hydrogen) atoms. The van der Waals surface area contributed by atoms with Crippen LogP contribution in [0.4, 0.5) is 0 Å². The summed E-state index contributed by atoms with van der Waals surface area (Å²) in [5.41, 5.74) is 4.03. The molecule has 4 aromatic rings. The lowest BCUT2D eigenvalue weighted by Crippen LogP contribution is -2.09. The monoisotopic (exact) mass is 355 g/mol. The predicted molar refractivity (Wildman–Crippen MR) is 109 cm³/mol. The molecule has 0 bridgehead atoms. The topological polar surface area (TPSA) is 42.1 Å². The van der Waals surface area contributed by atoms with Crippen LogP contribution in [0.3, 0.4) is 0 Å². The fourth-order valence-electron chi connectivity index (χ4n) is 3.56. The number of benzene rings is 3. The van der Waals surface area contributed by atoms with E-state index in [0.29, 0.717) is 6.42 Å². The molecule has 0 saturated heterocycles. The zero-order valence-corrected chi connectivity index (χ0v) is 15.2. The minimum Gasteiger partial charge on any atom is -0.497 e. The lowest BCUT2D eigenvalue weighted by atomic mass is 9.85. The van der Waals surface area contributed by atoms with Gasteiger partial charge in [0.15, 0.2) is 5.78 Å². The Balaban J connectivity index is 1.78. The van der Waals surface area contributed by atoms with E-state index in [1.54, 1.807) is 7.11 Å². The van der Waals surface area contributed by atoms with E-state index in [9.17, 15) is 4.79 Å². The number of aromatic amines is 1. The van der Waals surface area contributed by atoms with Crippen LogP contribution in [0.1, 0.15) is 33.8 Å². The largest absolute Gasteiger partial charge is 0.497 e. The van der Waals surface area contributed by atoms with Crippen LogP contribution in [-0.2, 0) is 0 Å². The Labute approximate surface area is 158 Å². The van der Waals surface area contributed by atoms with Gasteiger partial charge in [0.05, 0.1) is 7.11 Å². The molecule has 134 valence electrons. The average molecular weight is 355 g/mol. The number of rotatable bonds is 6. The Morgan fingerprint density at radius 3 is 2.37 bits per heavy atom. The molecule has 3 nitrogen and oxygen atoms in total. The molecule has 3 heteroatoms. The fraction of sp³-hybridized carbons (Fsp3) is 0.125. The van der Waals surface area contributed by atoms with Gasteiger partial charge in [-0.2, -0.15) is 0 Å². The quantitative estimate of drug-likeness (QED) is 0.459. The van der Waals surface area contributed by atoms with Crippen molar-refractivity contribution in [3.8, 4) is 5.75 Å². The Hall–Kier alpha value is -3.33. The van der Waals surface area contributed by atoms with E-state index in [1.807, 2.05) is 72.9 Å². The van der Waals surface area contributed by atoms with Crippen LogP contribution in [0.25, 0.3) is 10.9 Å². The number of ketones is 1. The number of fused-ring (bicyclic) bond motifs is 1. The van der Waals surface area contributed by atoms with Gasteiger partial charge >= 0.3 is 0 Å². The molecular weight excluding hydrogens is 334 g/mol. The predicted octanol–water partition coefficient (Wildman–Crippen LogP) is 5.58. The number of aromatic nitrogens is 1. The number of hydrogen-bond acceptors (Lipinski definition) is 2. The second-order valence-corrected chi connectivity index (χ2v) is 6.61. The number of carbonyl (C=O) groups excluding carboxylic acids is 1. The molecule has 0 spiro atoms. The van der Waals surface area contributed by atoms with Crippen LogP contribution in [0, 0.1) is 0 Å². The van der Waals surface area contributed by atoms with Crippen molar-refractivity contribution >= 4 is 16.7 Å². The summed E-state index contributed by atoms with van der Waals surface area (Å²) in [6.07, 6.45) is 2.43. The first-order valence-corrected chi connectivity index (χ1v) is 9.04. The number of carbonyl (C=O) groups is 1. The third kappa shape index (κ3) is 3.49. The van der Waals surface area contributed by atoms with E-state index < -0.39 is 0 Å². The highest BCUT2D eigenvalue weighted by Gasteiger charge is 2.22. The first-order chi connectivity index (χ1) is 13.3. The van der Waals surface area contributed by atoms with Crippen LogP contribution in [0.5, 0.6) is 5.75 Å². The molecule has 1 N–H and O–H groups in total. The van der Waals surface area contributed by atoms with Crippen LogP contribution in [-0.4, -0.2) is 17.9 Å². The Morgan fingerprint density at radius 2 is 1.67 bits per heavy atom. The summed E-state index contributed by atoms with van der Waals surface area (Å²) in [6, 6.07) is 25.7. The van der Waals surface area contributed by atoms with Gasteiger partial charge in [-0.05, 0) is 29.3 Å². The molecule has 0 amide bonds. The van der Waals surface area contributed by atoms with Crippen molar-refractivity contribution < 1.29 is 9.53 Å². The minimum absolute atomic E-state index is 0.0280. The van der Waals surface area contributed by atoms with Gasteiger partial charge in [0.1, 0.15) is 5.75 Å². The van der Waals surface area contributed by atoms with E-state index in [0.717, 1.165) is 33.3 Å². The van der Waals surface area contributed by atoms with Gasteiger partial charge in [0, 0.05) is 35.0 Å². The van der Waals surface area contributed by atoms with Crippen molar-refractivity contribution in [2.24, 2.45) is 0 Å². The number of hydrogen-bond donors (Lipinski definition) is 1. The number of ether oxygens (including phenoxy) is 1. The second kappa shape index (κ2) is 7.50. The Bertz CT molecular complexity index is 1050. The maximum atomic E-state index is 12.9. The zero-order chi connectivity index (χ0) is 18.6. The van der Waals surface area contributed by atoms with Crippen molar-refractivity contribution in [1.29, 1.82) is 0 Å². The first-order valence-electron chi connectivity index (χ1n) is 9.04. The molecule has 0 aliphatic heterocycles. The van der Waals surface area contributed by atoms with Gasteiger partial charge in [-0.15, -0.1) is 0 Å². The third-order valence-corrected chi connectivity index (χ3v) is 4.98. The molecule has 4 rings (SSSR count). The summed E-state index contributed by atoms with van der Waals surface area (Å²) in [7, 11) is 1.67. The molecule has 0 unspecified atom stereocenters. The van der Waals surface area contributed by atoms with E-state index in [-0.39, 0.29) is 11.7 Å². The van der Waals surface area contributed by atoms with E-state index in [2.05, 4.69) is 17.1 Å². The lowest BCUT2D eigenvalue weighted by Gasteiger charge is -2.17.